The van der Waals surface area contributed by atoms with Crippen molar-refractivity contribution in [2.24, 2.45) is 5.92 Å². The molecule has 4 nitrogen and oxygen atoms in total. The Kier molecular flexibility index (Phi) is 12.5. The molecule has 0 aromatic rings. The molecular formula is C10H20O4S2. The molecule has 0 heterocycles. The summed E-state index contributed by atoms with van der Waals surface area (Å²) in [6, 6.07) is 0. The van der Waals surface area contributed by atoms with Gasteiger partial charge in [0.15, 0.2) is 0 Å². The summed E-state index contributed by atoms with van der Waals surface area (Å²) in [6.45, 7) is 3.80. The normalized spacial score (nSPS) is 13.2. The van der Waals surface area contributed by atoms with E-state index in [-0.39, 0.29) is 12.3 Å². The van der Waals surface area contributed by atoms with Gasteiger partial charge in [0.25, 0.3) is 0 Å². The summed E-state index contributed by atoms with van der Waals surface area (Å²) < 4.78 is 0. The van der Waals surface area contributed by atoms with Gasteiger partial charge in [0.2, 0.25) is 0 Å². The summed E-state index contributed by atoms with van der Waals surface area (Å²) in [5.41, 5.74) is 0. The predicted octanol–water partition coefficient (Wildman–Crippen LogP) is 2.20. The van der Waals surface area contributed by atoms with Gasteiger partial charge in [0.05, 0.1) is 5.25 Å². The Morgan fingerprint density at radius 1 is 1.31 bits per heavy atom. The molecule has 0 saturated carbocycles. The van der Waals surface area contributed by atoms with Gasteiger partial charge in [0.1, 0.15) is 0 Å². The highest BCUT2D eigenvalue weighted by atomic mass is 32.1. The maximum atomic E-state index is 10.0. The van der Waals surface area contributed by atoms with Crippen molar-refractivity contribution in [2.45, 2.75) is 38.4 Å². The van der Waals surface area contributed by atoms with Gasteiger partial charge < -0.3 is 10.2 Å². The molecule has 0 aliphatic heterocycles. The third-order valence-electron chi connectivity index (χ3n) is 1.68. The first-order valence-electron chi connectivity index (χ1n) is 5.08. The minimum atomic E-state index is -0.824. The Labute approximate surface area is 107 Å². The highest BCUT2D eigenvalue weighted by Crippen LogP contribution is 2.03. The van der Waals surface area contributed by atoms with E-state index in [1.165, 1.54) is 0 Å². The topological polar surface area (TPSA) is 74.6 Å². The van der Waals surface area contributed by atoms with E-state index in [9.17, 15) is 9.59 Å². The zero-order valence-corrected chi connectivity index (χ0v) is 11.4. The number of rotatable bonds is 6. The van der Waals surface area contributed by atoms with Crippen molar-refractivity contribution in [3.8, 4) is 0 Å². The van der Waals surface area contributed by atoms with Crippen LogP contribution in [0.2, 0.25) is 0 Å². The van der Waals surface area contributed by atoms with Crippen LogP contribution < -0.4 is 0 Å². The van der Waals surface area contributed by atoms with Crippen molar-refractivity contribution in [1.29, 1.82) is 0 Å². The fourth-order valence-electron chi connectivity index (χ4n) is 0.760. The quantitative estimate of drug-likeness (QED) is 0.557. The Balaban J connectivity index is 0. The van der Waals surface area contributed by atoms with Gasteiger partial charge in [-0.15, -0.1) is 0 Å². The average Bonchev–Trinajstić information content (AvgIpc) is 2.18. The van der Waals surface area contributed by atoms with E-state index in [4.69, 9.17) is 10.2 Å². The summed E-state index contributed by atoms with van der Waals surface area (Å²) in [6.07, 6.45) is 1.75. The summed E-state index contributed by atoms with van der Waals surface area (Å²) in [5, 5.41) is 15.9. The zero-order chi connectivity index (χ0) is 13.1. The van der Waals surface area contributed by atoms with Crippen LogP contribution in [0.5, 0.6) is 0 Å². The standard InChI is InChI=1S/2C5H10O2S/c1-4(3-8)2-5(6)7;1-2-3-4(8)5(6)7/h2*4,8H,2-3H2,1H3,(H,6,7). The fourth-order valence-corrected chi connectivity index (χ4v) is 1.15. The monoisotopic (exact) mass is 268 g/mol. The molecule has 0 aromatic heterocycles. The minimum Gasteiger partial charge on any atom is -0.481 e. The first-order valence-corrected chi connectivity index (χ1v) is 6.23. The van der Waals surface area contributed by atoms with Gasteiger partial charge in [-0.05, 0) is 18.1 Å². The van der Waals surface area contributed by atoms with E-state index in [0.29, 0.717) is 12.2 Å². The Morgan fingerprint density at radius 2 is 1.81 bits per heavy atom. The van der Waals surface area contributed by atoms with E-state index in [1.54, 1.807) is 0 Å². The van der Waals surface area contributed by atoms with Gasteiger partial charge in [-0.3, -0.25) is 9.59 Å². The molecule has 0 radical (unpaired) electrons. The average molecular weight is 268 g/mol. The van der Waals surface area contributed by atoms with Gasteiger partial charge in [-0.1, -0.05) is 20.3 Å². The van der Waals surface area contributed by atoms with E-state index in [2.05, 4.69) is 25.3 Å². The molecular weight excluding hydrogens is 248 g/mol. The Morgan fingerprint density at radius 3 is 1.94 bits per heavy atom. The summed E-state index contributed by atoms with van der Waals surface area (Å²) in [5.74, 6) is -0.732. The van der Waals surface area contributed by atoms with Crippen LogP contribution in [0, 0.1) is 5.92 Å². The number of carboxylic acid groups (broad SMARTS) is 2. The number of thiol groups is 2. The predicted molar refractivity (Wildman–Crippen MR) is 70.6 cm³/mol. The Bertz CT molecular complexity index is 209. The van der Waals surface area contributed by atoms with Crippen LogP contribution in [0.4, 0.5) is 0 Å². The maximum Gasteiger partial charge on any atom is 0.316 e. The summed E-state index contributed by atoms with van der Waals surface area (Å²) in [4.78, 5) is 19.9. The number of hydrogen-bond donors (Lipinski definition) is 4. The molecule has 2 unspecified atom stereocenters. The van der Waals surface area contributed by atoms with Crippen molar-refractivity contribution in [3.05, 3.63) is 0 Å². The van der Waals surface area contributed by atoms with Gasteiger partial charge >= 0.3 is 11.9 Å². The molecule has 0 spiro atoms. The van der Waals surface area contributed by atoms with Crippen LogP contribution in [0.3, 0.4) is 0 Å². The second-order valence-electron chi connectivity index (χ2n) is 3.53. The van der Waals surface area contributed by atoms with Crippen LogP contribution in [0.15, 0.2) is 0 Å². The highest BCUT2D eigenvalue weighted by Gasteiger charge is 2.08. The SMILES string of the molecule is CC(CS)CC(=O)O.CCCC(S)C(=O)O. The second-order valence-corrected chi connectivity index (χ2v) is 4.52. The van der Waals surface area contributed by atoms with E-state index < -0.39 is 17.2 Å². The zero-order valence-electron chi connectivity index (χ0n) is 9.59. The lowest BCUT2D eigenvalue weighted by Gasteiger charge is -2.00. The van der Waals surface area contributed by atoms with E-state index in [1.807, 2.05) is 13.8 Å². The van der Waals surface area contributed by atoms with Crippen molar-refractivity contribution < 1.29 is 19.8 Å². The van der Waals surface area contributed by atoms with Crippen molar-refractivity contribution in [2.75, 3.05) is 5.75 Å². The molecule has 96 valence electrons. The molecule has 2 atom stereocenters. The lowest BCUT2D eigenvalue weighted by Crippen LogP contribution is -2.12. The molecule has 2 N–H and O–H groups in total. The highest BCUT2D eigenvalue weighted by molar-refractivity contribution is 7.81. The molecule has 0 rings (SSSR count). The van der Waals surface area contributed by atoms with Gasteiger partial charge in [-0.25, -0.2) is 0 Å². The number of aliphatic carboxylic acids is 2. The van der Waals surface area contributed by atoms with Crippen molar-refractivity contribution >= 4 is 37.2 Å². The summed E-state index contributed by atoms with van der Waals surface area (Å²) in [7, 11) is 0. The Hall–Kier alpha value is -0.360. The molecule has 0 fully saturated rings. The lowest BCUT2D eigenvalue weighted by atomic mass is 10.1. The first-order chi connectivity index (χ1) is 7.34. The van der Waals surface area contributed by atoms with Crippen LogP contribution in [-0.2, 0) is 9.59 Å². The van der Waals surface area contributed by atoms with Crippen molar-refractivity contribution in [3.63, 3.8) is 0 Å². The molecule has 0 aliphatic rings. The largest absolute Gasteiger partial charge is 0.481 e. The van der Waals surface area contributed by atoms with Gasteiger partial charge in [-0.2, -0.15) is 25.3 Å². The number of carbonyl (C=O) groups is 2. The molecule has 0 saturated heterocycles. The van der Waals surface area contributed by atoms with Crippen LogP contribution in [0.1, 0.15) is 33.1 Å². The van der Waals surface area contributed by atoms with Gasteiger partial charge in [0, 0.05) is 6.42 Å². The molecule has 0 amide bonds. The third kappa shape index (κ3) is 13.6. The molecule has 0 aliphatic carbocycles. The van der Waals surface area contributed by atoms with E-state index in [0.717, 1.165) is 6.42 Å². The number of carboxylic acids is 2. The fraction of sp³-hybridized carbons (Fsp3) is 0.800. The van der Waals surface area contributed by atoms with Crippen LogP contribution in [0.25, 0.3) is 0 Å². The summed E-state index contributed by atoms with van der Waals surface area (Å²) >= 11 is 7.73. The molecule has 0 aromatic carbocycles. The van der Waals surface area contributed by atoms with Crippen molar-refractivity contribution in [1.82, 2.24) is 0 Å². The minimum absolute atomic E-state index is 0.191. The maximum absolute atomic E-state index is 10.0. The van der Waals surface area contributed by atoms with Crippen LogP contribution >= 0.6 is 25.3 Å². The third-order valence-corrected chi connectivity index (χ3v) is 2.78. The molecule has 16 heavy (non-hydrogen) atoms. The lowest BCUT2D eigenvalue weighted by molar-refractivity contribution is -0.138. The molecule has 0 bridgehead atoms. The van der Waals surface area contributed by atoms with Crippen LogP contribution in [-0.4, -0.2) is 33.2 Å². The smallest absolute Gasteiger partial charge is 0.316 e. The number of hydrogen-bond acceptors (Lipinski definition) is 4. The first kappa shape index (κ1) is 18.0. The van der Waals surface area contributed by atoms with E-state index >= 15 is 0 Å². The second kappa shape index (κ2) is 11.1. The molecule has 6 heteroatoms.